The Hall–Kier alpha value is -3.31. The number of aliphatic carboxylic acids is 1. The van der Waals surface area contributed by atoms with Crippen LogP contribution in [0.25, 0.3) is 0 Å². The zero-order chi connectivity index (χ0) is 34.0. The molecule has 2 heterocycles. The minimum atomic E-state index is -0.898. The quantitative estimate of drug-likeness (QED) is 0.240. The number of piperidine rings is 1. The predicted octanol–water partition coefficient (Wildman–Crippen LogP) is 4.64. The number of benzene rings is 1. The van der Waals surface area contributed by atoms with E-state index in [4.69, 9.17) is 0 Å². The predicted molar refractivity (Wildman–Crippen MR) is 182 cm³/mol. The number of nitrogens with one attached hydrogen (secondary N) is 2. The topological polar surface area (TPSA) is 132 Å². The number of likely N-dealkylation sites (tertiary alicyclic amines) is 1. The van der Waals surface area contributed by atoms with Crippen molar-refractivity contribution in [2.45, 2.75) is 104 Å². The zero-order valence-electron chi connectivity index (χ0n) is 28.5. The van der Waals surface area contributed by atoms with Crippen LogP contribution in [0, 0.1) is 17.8 Å². The number of carbonyl (C=O) groups excluding carboxylic acids is 3. The van der Waals surface area contributed by atoms with Gasteiger partial charge in [-0.2, -0.15) is 0 Å². The lowest BCUT2D eigenvalue weighted by atomic mass is 9.95. The molecule has 0 radical (unpaired) electrons. The summed E-state index contributed by atoms with van der Waals surface area (Å²) in [7, 11) is 3.78. The van der Waals surface area contributed by atoms with Crippen LogP contribution in [0.1, 0.15) is 87.8 Å². The third kappa shape index (κ3) is 10.6. The van der Waals surface area contributed by atoms with Crippen LogP contribution in [0.3, 0.4) is 0 Å². The van der Waals surface area contributed by atoms with E-state index in [9.17, 15) is 24.3 Å². The summed E-state index contributed by atoms with van der Waals surface area (Å²) in [6.45, 7) is 10.6. The van der Waals surface area contributed by atoms with Crippen molar-refractivity contribution < 1.29 is 24.3 Å². The molecule has 3 rings (SSSR count). The molecule has 1 aliphatic heterocycles. The van der Waals surface area contributed by atoms with Crippen LogP contribution < -0.4 is 10.6 Å². The standard InChI is InChI=1S/C35H53N5O5S/c1-22(2)28(40(7)34(43)31(23(3)4)38-33(42)29-15-11-12-18-39(29)6)16-17-30-37-27(21-46-30)32(41)36-26(19-24(5)35(44)45)20-25-13-9-8-10-14-25/h8-10,13-14,21-24,26,28-29,31H,11-12,15-20H2,1-7H3,(H,36,41)(H,38,42)(H,44,45)/t24-,26+,28+,29+,31-/m0/s1. The fourth-order valence-electron chi connectivity index (χ4n) is 6.21. The third-order valence-electron chi connectivity index (χ3n) is 9.08. The molecular weight excluding hydrogens is 602 g/mol. The van der Waals surface area contributed by atoms with Gasteiger partial charge >= 0.3 is 5.97 Å². The smallest absolute Gasteiger partial charge is 0.306 e. The van der Waals surface area contributed by atoms with Crippen molar-refractivity contribution in [1.29, 1.82) is 0 Å². The highest BCUT2D eigenvalue weighted by Gasteiger charge is 2.35. The van der Waals surface area contributed by atoms with Crippen molar-refractivity contribution in [3.8, 4) is 0 Å². The number of nitrogens with zero attached hydrogens (tertiary/aromatic N) is 3. The number of aryl methyl sites for hydroxylation is 1. The van der Waals surface area contributed by atoms with Crippen LogP contribution in [0.15, 0.2) is 35.7 Å². The fraction of sp³-hybridized carbons (Fsp3) is 0.629. The molecule has 2 aromatic rings. The second kappa shape index (κ2) is 17.6. The Morgan fingerprint density at radius 3 is 2.35 bits per heavy atom. The molecule has 5 atom stereocenters. The maximum Gasteiger partial charge on any atom is 0.306 e. The van der Waals surface area contributed by atoms with Gasteiger partial charge in [0.15, 0.2) is 0 Å². The number of rotatable bonds is 16. The van der Waals surface area contributed by atoms with Crippen LogP contribution in [0.5, 0.6) is 0 Å². The van der Waals surface area contributed by atoms with Gasteiger partial charge in [0, 0.05) is 30.9 Å². The van der Waals surface area contributed by atoms with Crippen LogP contribution in [0.4, 0.5) is 0 Å². The van der Waals surface area contributed by atoms with Gasteiger partial charge < -0.3 is 20.6 Å². The monoisotopic (exact) mass is 655 g/mol. The Morgan fingerprint density at radius 2 is 1.74 bits per heavy atom. The van der Waals surface area contributed by atoms with Crippen molar-refractivity contribution in [2.24, 2.45) is 17.8 Å². The third-order valence-corrected chi connectivity index (χ3v) is 9.98. The van der Waals surface area contributed by atoms with Gasteiger partial charge in [-0.15, -0.1) is 11.3 Å². The zero-order valence-corrected chi connectivity index (χ0v) is 29.3. The Labute approximate surface area is 278 Å². The van der Waals surface area contributed by atoms with Gasteiger partial charge in [-0.3, -0.25) is 24.1 Å². The lowest BCUT2D eigenvalue weighted by Gasteiger charge is -2.37. The molecule has 0 saturated carbocycles. The number of carboxylic acids is 1. The second-order valence-corrected chi connectivity index (χ2v) is 14.4. The Morgan fingerprint density at radius 1 is 1.04 bits per heavy atom. The maximum absolute atomic E-state index is 13.8. The molecular formula is C35H53N5O5S. The fourth-order valence-corrected chi connectivity index (χ4v) is 7.00. The first-order valence-corrected chi connectivity index (χ1v) is 17.5. The molecule has 1 aliphatic rings. The molecule has 10 nitrogen and oxygen atoms in total. The first kappa shape index (κ1) is 37.2. The van der Waals surface area contributed by atoms with Crippen molar-refractivity contribution in [3.63, 3.8) is 0 Å². The molecule has 3 N–H and O–H groups in total. The average molecular weight is 656 g/mol. The van der Waals surface area contributed by atoms with Gasteiger partial charge in [0.05, 0.1) is 17.0 Å². The Bertz CT molecular complexity index is 1300. The van der Waals surface area contributed by atoms with Gasteiger partial charge in [-0.05, 0) is 63.1 Å². The normalized spacial score (nSPS) is 18.1. The molecule has 1 fully saturated rings. The number of amides is 3. The first-order chi connectivity index (χ1) is 21.8. The van der Waals surface area contributed by atoms with E-state index in [1.54, 1.807) is 17.2 Å². The molecule has 1 aromatic carbocycles. The average Bonchev–Trinajstić information content (AvgIpc) is 3.49. The molecule has 0 aliphatic carbocycles. The van der Waals surface area contributed by atoms with Crippen molar-refractivity contribution in [3.05, 3.63) is 52.0 Å². The summed E-state index contributed by atoms with van der Waals surface area (Å²) >= 11 is 1.41. The molecule has 11 heteroatoms. The molecule has 1 saturated heterocycles. The number of aromatic nitrogens is 1. The summed E-state index contributed by atoms with van der Waals surface area (Å²) in [5, 5.41) is 18.1. The van der Waals surface area contributed by atoms with E-state index in [0.29, 0.717) is 31.4 Å². The van der Waals surface area contributed by atoms with Crippen LogP contribution in [-0.4, -0.2) is 88.4 Å². The van der Waals surface area contributed by atoms with E-state index in [-0.39, 0.29) is 47.7 Å². The van der Waals surface area contributed by atoms with Gasteiger partial charge in [0.2, 0.25) is 11.8 Å². The molecule has 46 heavy (non-hydrogen) atoms. The van der Waals surface area contributed by atoms with Crippen molar-refractivity contribution in [1.82, 2.24) is 25.4 Å². The van der Waals surface area contributed by atoms with Gasteiger partial charge in [0.1, 0.15) is 11.7 Å². The summed E-state index contributed by atoms with van der Waals surface area (Å²) in [5.74, 6) is -1.91. The summed E-state index contributed by atoms with van der Waals surface area (Å²) in [6.07, 6.45) is 4.97. The van der Waals surface area contributed by atoms with Crippen LogP contribution >= 0.6 is 11.3 Å². The van der Waals surface area contributed by atoms with Gasteiger partial charge in [0.25, 0.3) is 5.91 Å². The molecule has 0 spiro atoms. The van der Waals surface area contributed by atoms with E-state index in [1.165, 1.54) is 11.3 Å². The van der Waals surface area contributed by atoms with Gasteiger partial charge in [-0.25, -0.2) is 4.98 Å². The minimum Gasteiger partial charge on any atom is -0.481 e. The van der Waals surface area contributed by atoms with Crippen molar-refractivity contribution >= 4 is 35.0 Å². The Balaban J connectivity index is 1.64. The Kier molecular flexibility index (Phi) is 14.2. The summed E-state index contributed by atoms with van der Waals surface area (Å²) in [5.41, 5.74) is 1.32. The largest absolute Gasteiger partial charge is 0.481 e. The summed E-state index contributed by atoms with van der Waals surface area (Å²) in [4.78, 5) is 60.2. The number of likely N-dealkylation sites (N-methyl/N-ethyl adjacent to an activating group) is 2. The highest BCUT2D eigenvalue weighted by Crippen LogP contribution is 2.22. The second-order valence-electron chi connectivity index (χ2n) is 13.5. The lowest BCUT2D eigenvalue weighted by molar-refractivity contribution is -0.141. The highest BCUT2D eigenvalue weighted by atomic mass is 32.1. The van der Waals surface area contributed by atoms with E-state index < -0.39 is 17.9 Å². The molecule has 1 aromatic heterocycles. The number of thiazole rings is 1. The highest BCUT2D eigenvalue weighted by molar-refractivity contribution is 7.09. The number of carbonyl (C=O) groups is 4. The molecule has 0 bridgehead atoms. The molecule has 0 unspecified atom stereocenters. The SMILES string of the molecule is CC(C)[C@H](NC(=O)[C@H]1CCCCN1C)C(=O)N(C)[C@H](CCc1nc(C(=O)N[C@@H](Cc2ccccc2)C[C@H](C)C(=O)O)cs1)C(C)C. The first-order valence-electron chi connectivity index (χ1n) is 16.6. The van der Waals surface area contributed by atoms with E-state index >= 15 is 0 Å². The van der Waals surface area contributed by atoms with E-state index in [0.717, 1.165) is 36.4 Å². The number of hydrogen-bond donors (Lipinski definition) is 3. The van der Waals surface area contributed by atoms with E-state index in [2.05, 4.69) is 34.4 Å². The number of carboxylic acid groups (broad SMARTS) is 1. The molecule has 254 valence electrons. The number of hydrogen-bond acceptors (Lipinski definition) is 7. The summed E-state index contributed by atoms with van der Waals surface area (Å²) < 4.78 is 0. The van der Waals surface area contributed by atoms with Crippen molar-refractivity contribution in [2.75, 3.05) is 20.6 Å². The minimum absolute atomic E-state index is 0.0650. The van der Waals surface area contributed by atoms with Crippen LogP contribution in [-0.2, 0) is 27.2 Å². The van der Waals surface area contributed by atoms with E-state index in [1.807, 2.05) is 58.3 Å². The molecule has 3 amide bonds. The summed E-state index contributed by atoms with van der Waals surface area (Å²) in [6, 6.07) is 8.43. The van der Waals surface area contributed by atoms with Gasteiger partial charge in [-0.1, -0.05) is 71.4 Å². The lowest BCUT2D eigenvalue weighted by Crippen LogP contribution is -2.57. The maximum atomic E-state index is 13.8. The van der Waals surface area contributed by atoms with Crippen LogP contribution in [0.2, 0.25) is 0 Å².